The molecule has 1 heterocycles. The van der Waals surface area contributed by atoms with Crippen molar-refractivity contribution in [1.82, 2.24) is 9.80 Å². The van der Waals surface area contributed by atoms with E-state index < -0.39 is 0 Å². The standard InChI is InChI=1S/C20H20Cl2N2O/c21-17-7-5-16(6-8-17)15-24-13-11-23(12-14-24)10-9-20(25)18-3-1-2-4-19(18)22/h1-10H,11-15H2. The molecule has 0 aromatic heterocycles. The Morgan fingerprint density at radius 3 is 2.32 bits per heavy atom. The Bertz CT molecular complexity index is 751. The monoisotopic (exact) mass is 374 g/mol. The number of halogens is 2. The molecule has 0 radical (unpaired) electrons. The van der Waals surface area contributed by atoms with Gasteiger partial charge < -0.3 is 4.90 Å². The van der Waals surface area contributed by atoms with Crippen molar-refractivity contribution in [3.63, 3.8) is 0 Å². The molecule has 0 N–H and O–H groups in total. The van der Waals surface area contributed by atoms with Crippen molar-refractivity contribution >= 4 is 29.0 Å². The van der Waals surface area contributed by atoms with Crippen molar-refractivity contribution in [3.05, 3.63) is 82.0 Å². The van der Waals surface area contributed by atoms with Crippen LogP contribution in [0, 0.1) is 0 Å². The Morgan fingerprint density at radius 1 is 0.960 bits per heavy atom. The van der Waals surface area contributed by atoms with Gasteiger partial charge in [0.1, 0.15) is 0 Å². The summed E-state index contributed by atoms with van der Waals surface area (Å²) in [4.78, 5) is 16.8. The summed E-state index contributed by atoms with van der Waals surface area (Å²) in [5, 5.41) is 1.26. The lowest BCUT2D eigenvalue weighted by atomic mass is 10.1. The maximum absolute atomic E-state index is 12.2. The average molecular weight is 375 g/mol. The highest BCUT2D eigenvalue weighted by Gasteiger charge is 2.15. The molecular weight excluding hydrogens is 355 g/mol. The van der Waals surface area contributed by atoms with Gasteiger partial charge in [0.2, 0.25) is 0 Å². The van der Waals surface area contributed by atoms with Crippen LogP contribution in [0.2, 0.25) is 10.0 Å². The number of hydrogen-bond acceptors (Lipinski definition) is 3. The lowest BCUT2D eigenvalue weighted by molar-refractivity contribution is 0.104. The van der Waals surface area contributed by atoms with Crippen molar-refractivity contribution in [2.75, 3.05) is 26.2 Å². The summed E-state index contributed by atoms with van der Waals surface area (Å²) >= 11 is 12.0. The first-order chi connectivity index (χ1) is 12.1. The molecule has 5 heteroatoms. The molecular formula is C20H20Cl2N2O. The third kappa shape index (κ3) is 5.08. The first-order valence-electron chi connectivity index (χ1n) is 8.30. The highest BCUT2D eigenvalue weighted by Crippen LogP contribution is 2.16. The van der Waals surface area contributed by atoms with Crippen LogP contribution in [0.25, 0.3) is 0 Å². The van der Waals surface area contributed by atoms with Crippen molar-refractivity contribution in [3.8, 4) is 0 Å². The van der Waals surface area contributed by atoms with Gasteiger partial charge in [-0.1, -0.05) is 47.5 Å². The third-order valence-electron chi connectivity index (χ3n) is 4.30. The van der Waals surface area contributed by atoms with E-state index >= 15 is 0 Å². The molecule has 1 aliphatic heterocycles. The van der Waals surface area contributed by atoms with E-state index in [0.29, 0.717) is 10.6 Å². The van der Waals surface area contributed by atoms with Gasteiger partial charge in [-0.15, -0.1) is 0 Å². The van der Waals surface area contributed by atoms with Gasteiger partial charge in [-0.25, -0.2) is 0 Å². The Hall–Kier alpha value is -1.81. The van der Waals surface area contributed by atoms with E-state index in [1.54, 1.807) is 18.2 Å². The van der Waals surface area contributed by atoms with Gasteiger partial charge in [0.25, 0.3) is 0 Å². The van der Waals surface area contributed by atoms with Crippen LogP contribution < -0.4 is 0 Å². The number of carbonyl (C=O) groups excluding carboxylic acids is 1. The number of benzene rings is 2. The zero-order chi connectivity index (χ0) is 17.6. The SMILES string of the molecule is O=C(C=CN1CCN(Cc2ccc(Cl)cc2)CC1)c1ccccc1Cl. The van der Waals surface area contributed by atoms with Crippen LogP contribution in [0.15, 0.2) is 60.8 Å². The second kappa shape index (κ2) is 8.52. The summed E-state index contributed by atoms with van der Waals surface area (Å²) in [6, 6.07) is 15.1. The Morgan fingerprint density at radius 2 is 1.64 bits per heavy atom. The second-order valence-electron chi connectivity index (χ2n) is 6.10. The molecule has 25 heavy (non-hydrogen) atoms. The molecule has 2 aromatic carbocycles. The number of nitrogens with zero attached hydrogens (tertiary/aromatic N) is 2. The smallest absolute Gasteiger partial charge is 0.188 e. The molecule has 0 aliphatic carbocycles. The van der Waals surface area contributed by atoms with Crippen LogP contribution in [0.5, 0.6) is 0 Å². The predicted molar refractivity (Wildman–Crippen MR) is 103 cm³/mol. The Labute approximate surface area is 158 Å². The average Bonchev–Trinajstić information content (AvgIpc) is 2.63. The lowest BCUT2D eigenvalue weighted by Crippen LogP contribution is -2.43. The zero-order valence-corrected chi connectivity index (χ0v) is 15.4. The topological polar surface area (TPSA) is 23.6 Å². The number of rotatable bonds is 5. The van der Waals surface area contributed by atoms with Crippen LogP contribution in [0.4, 0.5) is 0 Å². The molecule has 0 spiro atoms. The number of ketones is 1. The molecule has 0 unspecified atom stereocenters. The fourth-order valence-corrected chi connectivity index (χ4v) is 3.20. The van der Waals surface area contributed by atoms with E-state index in [1.165, 1.54) is 5.56 Å². The zero-order valence-electron chi connectivity index (χ0n) is 13.9. The fraction of sp³-hybridized carbons (Fsp3) is 0.250. The van der Waals surface area contributed by atoms with E-state index in [9.17, 15) is 4.79 Å². The molecule has 1 aliphatic rings. The largest absolute Gasteiger partial charge is 0.375 e. The highest BCUT2D eigenvalue weighted by molar-refractivity contribution is 6.34. The molecule has 0 saturated carbocycles. The number of piperazine rings is 1. The Kier molecular flexibility index (Phi) is 6.14. The summed E-state index contributed by atoms with van der Waals surface area (Å²) in [6.45, 7) is 4.66. The molecule has 0 bridgehead atoms. The van der Waals surface area contributed by atoms with E-state index in [1.807, 2.05) is 30.5 Å². The fourth-order valence-electron chi connectivity index (χ4n) is 2.84. The quantitative estimate of drug-likeness (QED) is 0.568. The predicted octanol–water partition coefficient (Wildman–Crippen LogP) is 4.51. The lowest BCUT2D eigenvalue weighted by Gasteiger charge is -2.34. The van der Waals surface area contributed by atoms with Gasteiger partial charge in [-0.05, 0) is 29.8 Å². The second-order valence-corrected chi connectivity index (χ2v) is 6.94. The molecule has 1 saturated heterocycles. The van der Waals surface area contributed by atoms with E-state index in [4.69, 9.17) is 23.2 Å². The third-order valence-corrected chi connectivity index (χ3v) is 4.88. The van der Waals surface area contributed by atoms with Gasteiger partial charge in [0.05, 0.1) is 5.02 Å². The first kappa shape index (κ1) is 18.0. The number of allylic oxidation sites excluding steroid dienone is 1. The summed E-state index contributed by atoms with van der Waals surface area (Å²) in [5.41, 5.74) is 1.81. The van der Waals surface area contributed by atoms with Gasteiger partial charge >= 0.3 is 0 Å². The molecule has 2 aromatic rings. The van der Waals surface area contributed by atoms with Crippen molar-refractivity contribution in [2.45, 2.75) is 6.54 Å². The molecule has 0 amide bonds. The molecule has 130 valence electrons. The van der Waals surface area contributed by atoms with Crippen molar-refractivity contribution < 1.29 is 4.79 Å². The molecule has 0 atom stereocenters. The van der Waals surface area contributed by atoms with E-state index in [2.05, 4.69) is 21.9 Å². The summed E-state index contributed by atoms with van der Waals surface area (Å²) < 4.78 is 0. The highest BCUT2D eigenvalue weighted by atomic mass is 35.5. The van der Waals surface area contributed by atoms with Crippen LogP contribution in [0.3, 0.4) is 0 Å². The minimum Gasteiger partial charge on any atom is -0.375 e. The van der Waals surface area contributed by atoms with Crippen LogP contribution in [-0.2, 0) is 6.54 Å². The normalized spacial score (nSPS) is 15.7. The minimum atomic E-state index is -0.0609. The summed E-state index contributed by atoms with van der Waals surface area (Å²) in [6.07, 6.45) is 3.49. The van der Waals surface area contributed by atoms with Gasteiger partial charge in [0, 0.05) is 55.6 Å². The summed E-state index contributed by atoms with van der Waals surface area (Å²) in [5.74, 6) is -0.0609. The Balaban J connectivity index is 1.50. The van der Waals surface area contributed by atoms with Gasteiger partial charge in [-0.2, -0.15) is 0 Å². The van der Waals surface area contributed by atoms with E-state index in [0.717, 1.165) is 37.7 Å². The first-order valence-corrected chi connectivity index (χ1v) is 9.05. The van der Waals surface area contributed by atoms with Crippen LogP contribution in [-0.4, -0.2) is 41.8 Å². The van der Waals surface area contributed by atoms with Crippen molar-refractivity contribution in [2.24, 2.45) is 0 Å². The van der Waals surface area contributed by atoms with Crippen LogP contribution >= 0.6 is 23.2 Å². The maximum atomic E-state index is 12.2. The molecule has 1 fully saturated rings. The number of carbonyl (C=O) groups is 1. The van der Waals surface area contributed by atoms with Gasteiger partial charge in [-0.3, -0.25) is 9.69 Å². The van der Waals surface area contributed by atoms with Crippen molar-refractivity contribution in [1.29, 1.82) is 0 Å². The number of hydrogen-bond donors (Lipinski definition) is 0. The molecule has 3 nitrogen and oxygen atoms in total. The minimum absolute atomic E-state index is 0.0609. The molecule has 3 rings (SSSR count). The van der Waals surface area contributed by atoms with Gasteiger partial charge in [0.15, 0.2) is 5.78 Å². The van der Waals surface area contributed by atoms with Crippen LogP contribution in [0.1, 0.15) is 15.9 Å². The maximum Gasteiger partial charge on any atom is 0.188 e. The van der Waals surface area contributed by atoms with E-state index in [-0.39, 0.29) is 5.78 Å². The summed E-state index contributed by atoms with van der Waals surface area (Å²) in [7, 11) is 0.